The summed E-state index contributed by atoms with van der Waals surface area (Å²) in [5.41, 5.74) is -1.79. The average molecular weight is 518 g/mol. The first-order valence-electron chi connectivity index (χ1n) is 11.6. The van der Waals surface area contributed by atoms with E-state index in [1.165, 1.54) is 4.90 Å². The lowest BCUT2D eigenvalue weighted by molar-refractivity contribution is -0.143. The standard InChI is InChI=1S/C23H24F6N4O3/c24-22(25,26)15-6-14(7-16(8-15)23(27,28)29)12-36-21(34)32-4-5-33-18(10-32)9-19(30-33)20-11-31-3-1-2-17(31)13-35-20/h6-9,17,20H,1-5,10-13H2/t17-,20?/m1/s1. The van der Waals surface area contributed by atoms with Gasteiger partial charge in [-0.15, -0.1) is 0 Å². The number of halogens is 6. The van der Waals surface area contributed by atoms with Crippen LogP contribution in [0.4, 0.5) is 31.1 Å². The van der Waals surface area contributed by atoms with E-state index in [0.29, 0.717) is 31.3 Å². The minimum atomic E-state index is -4.97. The highest BCUT2D eigenvalue weighted by Gasteiger charge is 2.37. The molecule has 0 N–H and O–H groups in total. The summed E-state index contributed by atoms with van der Waals surface area (Å²) < 4.78 is 91.2. The fourth-order valence-electron chi connectivity index (χ4n) is 4.94. The molecule has 36 heavy (non-hydrogen) atoms. The summed E-state index contributed by atoms with van der Waals surface area (Å²) in [6.07, 6.45) is -8.66. The van der Waals surface area contributed by atoms with Gasteiger partial charge in [0.2, 0.25) is 0 Å². The number of aromatic nitrogens is 2. The fourth-order valence-corrected chi connectivity index (χ4v) is 4.94. The monoisotopic (exact) mass is 518 g/mol. The molecule has 13 heteroatoms. The number of benzene rings is 1. The molecule has 2 atom stereocenters. The van der Waals surface area contributed by atoms with E-state index in [1.54, 1.807) is 4.68 Å². The molecule has 0 radical (unpaired) electrons. The first-order chi connectivity index (χ1) is 17.0. The molecular formula is C23H24F6N4O3. The van der Waals surface area contributed by atoms with Crippen molar-refractivity contribution in [2.24, 2.45) is 0 Å². The van der Waals surface area contributed by atoms with Crippen LogP contribution >= 0.6 is 0 Å². The Morgan fingerprint density at radius 1 is 1.03 bits per heavy atom. The Morgan fingerprint density at radius 2 is 1.75 bits per heavy atom. The third kappa shape index (κ3) is 5.17. The molecule has 0 saturated carbocycles. The van der Waals surface area contributed by atoms with Gasteiger partial charge in [-0.3, -0.25) is 9.58 Å². The Labute approximate surface area is 202 Å². The maximum Gasteiger partial charge on any atom is 0.416 e. The normalized spacial score (nSPS) is 22.9. The third-order valence-corrected chi connectivity index (χ3v) is 6.80. The van der Waals surface area contributed by atoms with Crippen molar-refractivity contribution in [1.82, 2.24) is 19.6 Å². The lowest BCUT2D eigenvalue weighted by Gasteiger charge is -2.34. The van der Waals surface area contributed by atoms with Crippen LogP contribution < -0.4 is 0 Å². The summed E-state index contributed by atoms with van der Waals surface area (Å²) in [5, 5.41) is 4.61. The molecule has 5 rings (SSSR count). The number of carbonyl (C=O) groups excluding carboxylic acids is 1. The highest BCUT2D eigenvalue weighted by molar-refractivity contribution is 5.67. The zero-order valence-corrected chi connectivity index (χ0v) is 19.1. The van der Waals surface area contributed by atoms with Crippen molar-refractivity contribution in [1.29, 1.82) is 0 Å². The van der Waals surface area contributed by atoms with Gasteiger partial charge >= 0.3 is 18.4 Å². The third-order valence-electron chi connectivity index (χ3n) is 6.80. The second-order valence-electron chi connectivity index (χ2n) is 9.29. The summed E-state index contributed by atoms with van der Waals surface area (Å²) in [7, 11) is 0. The van der Waals surface area contributed by atoms with E-state index in [9.17, 15) is 31.1 Å². The van der Waals surface area contributed by atoms with Crippen LogP contribution in [-0.4, -0.2) is 58.0 Å². The molecule has 3 aliphatic heterocycles. The van der Waals surface area contributed by atoms with Crippen molar-refractivity contribution in [2.45, 2.75) is 57.0 Å². The van der Waals surface area contributed by atoms with Crippen molar-refractivity contribution in [3.05, 3.63) is 52.3 Å². The van der Waals surface area contributed by atoms with E-state index in [-0.39, 0.29) is 25.3 Å². The molecule has 1 amide bonds. The number of hydrogen-bond acceptors (Lipinski definition) is 5. The molecule has 0 spiro atoms. The number of amides is 1. The largest absolute Gasteiger partial charge is 0.445 e. The zero-order chi connectivity index (χ0) is 25.7. The van der Waals surface area contributed by atoms with Crippen LogP contribution in [-0.2, 0) is 41.5 Å². The molecule has 1 aromatic heterocycles. The minimum Gasteiger partial charge on any atom is -0.445 e. The van der Waals surface area contributed by atoms with Crippen molar-refractivity contribution in [3.8, 4) is 0 Å². The summed E-state index contributed by atoms with van der Waals surface area (Å²) in [4.78, 5) is 16.3. The molecule has 1 unspecified atom stereocenters. The Bertz CT molecular complexity index is 1100. The molecule has 196 valence electrons. The second-order valence-corrected chi connectivity index (χ2v) is 9.29. The number of morpholine rings is 1. The number of alkyl halides is 6. The van der Waals surface area contributed by atoms with Crippen LogP contribution in [0, 0.1) is 0 Å². The average Bonchev–Trinajstić information content (AvgIpc) is 3.47. The molecule has 2 aromatic rings. The number of ether oxygens (including phenoxy) is 2. The Kier molecular flexibility index (Phi) is 6.39. The Balaban J connectivity index is 1.23. The molecule has 3 aliphatic rings. The number of carbonyl (C=O) groups is 1. The van der Waals surface area contributed by atoms with E-state index in [1.807, 2.05) is 6.07 Å². The van der Waals surface area contributed by atoms with E-state index >= 15 is 0 Å². The van der Waals surface area contributed by atoms with Crippen LogP contribution in [0.15, 0.2) is 24.3 Å². The van der Waals surface area contributed by atoms with Gasteiger partial charge in [0.05, 0.1) is 42.2 Å². The lowest BCUT2D eigenvalue weighted by atomic mass is 10.1. The smallest absolute Gasteiger partial charge is 0.416 e. The van der Waals surface area contributed by atoms with E-state index in [0.717, 1.165) is 37.3 Å². The first-order valence-corrected chi connectivity index (χ1v) is 11.6. The van der Waals surface area contributed by atoms with Crippen LogP contribution in [0.5, 0.6) is 0 Å². The predicted octanol–water partition coefficient (Wildman–Crippen LogP) is 4.61. The van der Waals surface area contributed by atoms with Gasteiger partial charge in [0, 0.05) is 19.1 Å². The number of nitrogens with zero attached hydrogens (tertiary/aromatic N) is 4. The number of rotatable bonds is 3. The lowest BCUT2D eigenvalue weighted by Crippen LogP contribution is -2.42. The van der Waals surface area contributed by atoms with Crippen molar-refractivity contribution < 1.29 is 40.6 Å². The van der Waals surface area contributed by atoms with E-state index in [2.05, 4.69) is 10.00 Å². The summed E-state index contributed by atoms with van der Waals surface area (Å²) in [6.45, 7) is 2.49. The molecule has 2 saturated heterocycles. The van der Waals surface area contributed by atoms with Crippen LogP contribution in [0.1, 0.15) is 47.0 Å². The van der Waals surface area contributed by atoms with Gasteiger partial charge in [-0.05, 0) is 49.2 Å². The summed E-state index contributed by atoms with van der Waals surface area (Å²) in [6, 6.07) is 3.45. The highest BCUT2D eigenvalue weighted by Crippen LogP contribution is 2.36. The van der Waals surface area contributed by atoms with E-state index < -0.39 is 41.7 Å². The van der Waals surface area contributed by atoms with Crippen molar-refractivity contribution >= 4 is 6.09 Å². The Hall–Kier alpha value is -2.80. The molecule has 7 nitrogen and oxygen atoms in total. The van der Waals surface area contributed by atoms with Gasteiger partial charge in [-0.25, -0.2) is 4.79 Å². The number of fused-ring (bicyclic) bond motifs is 2. The molecule has 2 fully saturated rings. The predicted molar refractivity (Wildman–Crippen MR) is 113 cm³/mol. The van der Waals surface area contributed by atoms with Crippen LogP contribution in [0.2, 0.25) is 0 Å². The molecule has 1 aromatic carbocycles. The van der Waals surface area contributed by atoms with Crippen molar-refractivity contribution in [3.63, 3.8) is 0 Å². The topological polar surface area (TPSA) is 59.8 Å². The number of hydrogen-bond donors (Lipinski definition) is 0. The van der Waals surface area contributed by atoms with Gasteiger partial charge in [0.15, 0.2) is 0 Å². The quantitative estimate of drug-likeness (QED) is 0.556. The van der Waals surface area contributed by atoms with Gasteiger partial charge in [-0.2, -0.15) is 31.4 Å². The summed E-state index contributed by atoms with van der Waals surface area (Å²) >= 11 is 0. The minimum absolute atomic E-state index is 0.0363. The molecular weight excluding hydrogens is 494 g/mol. The van der Waals surface area contributed by atoms with Gasteiger partial charge in [0.1, 0.15) is 12.7 Å². The molecule has 4 heterocycles. The Morgan fingerprint density at radius 3 is 2.44 bits per heavy atom. The fraction of sp³-hybridized carbons (Fsp3) is 0.565. The van der Waals surface area contributed by atoms with Crippen molar-refractivity contribution in [2.75, 3.05) is 26.2 Å². The SMILES string of the molecule is O=C(OCc1cc(C(F)(F)F)cc(C(F)(F)F)c1)N1CCn2nc(C3CN4CCC[C@@H]4CO3)cc2C1. The van der Waals surface area contributed by atoms with Crippen LogP contribution in [0.3, 0.4) is 0 Å². The van der Waals surface area contributed by atoms with Gasteiger partial charge in [-0.1, -0.05) is 0 Å². The van der Waals surface area contributed by atoms with Gasteiger partial charge < -0.3 is 14.4 Å². The zero-order valence-electron chi connectivity index (χ0n) is 19.1. The van der Waals surface area contributed by atoms with E-state index in [4.69, 9.17) is 9.47 Å². The molecule has 0 aliphatic carbocycles. The summed E-state index contributed by atoms with van der Waals surface area (Å²) in [5.74, 6) is 0. The van der Waals surface area contributed by atoms with Gasteiger partial charge in [0.25, 0.3) is 0 Å². The second kappa shape index (κ2) is 9.25. The highest BCUT2D eigenvalue weighted by atomic mass is 19.4. The molecule has 0 bridgehead atoms. The maximum atomic E-state index is 13.1. The first kappa shape index (κ1) is 24.9. The van der Waals surface area contributed by atoms with Crippen LogP contribution in [0.25, 0.3) is 0 Å². The maximum absolute atomic E-state index is 13.1.